The van der Waals surface area contributed by atoms with Gasteiger partial charge in [-0.15, -0.1) is 10.1 Å². The van der Waals surface area contributed by atoms with Gasteiger partial charge in [0.05, 0.1) is 19.6 Å². The van der Waals surface area contributed by atoms with Crippen LogP contribution in [-0.4, -0.2) is 93.4 Å². The minimum absolute atomic E-state index is 0.185. The van der Waals surface area contributed by atoms with E-state index in [0.717, 1.165) is 9.80 Å². The van der Waals surface area contributed by atoms with Crippen molar-refractivity contribution in [1.29, 1.82) is 0 Å². The molecule has 0 saturated heterocycles. The number of carbonyl (C=O) groups is 4. The molecule has 14 nitrogen and oxygen atoms in total. The molecule has 0 rings (SSSR count). The standard InChI is InChI=1S/C10H15N3O11/c14-7(15)3-11(4-8(16)17)1-2-12(5-9(18)19)6-10(20)23-24-13(21)22/h1-6H2,(H,14,15)(H,16,17)(H,18,19). The number of nitrogens with zero attached hydrogens (tertiary/aromatic N) is 3. The van der Waals surface area contributed by atoms with Crippen LogP contribution in [0, 0.1) is 10.1 Å². The minimum atomic E-state index is -1.39. The Kier molecular flexibility index (Phi) is 9.35. The van der Waals surface area contributed by atoms with E-state index in [2.05, 4.69) is 9.88 Å². The van der Waals surface area contributed by atoms with Crippen LogP contribution in [0.15, 0.2) is 0 Å². The van der Waals surface area contributed by atoms with Crippen molar-refractivity contribution in [2.24, 2.45) is 0 Å². The zero-order valence-electron chi connectivity index (χ0n) is 12.2. The summed E-state index contributed by atoms with van der Waals surface area (Å²) in [6, 6.07) is 0. The van der Waals surface area contributed by atoms with E-state index >= 15 is 0 Å². The molecule has 0 bridgehead atoms. The van der Waals surface area contributed by atoms with Crippen molar-refractivity contribution in [1.82, 2.24) is 9.80 Å². The van der Waals surface area contributed by atoms with Crippen LogP contribution >= 0.6 is 0 Å². The normalized spacial score (nSPS) is 10.4. The molecule has 0 spiro atoms. The molecule has 0 aliphatic carbocycles. The molecule has 0 saturated carbocycles. The lowest BCUT2D eigenvalue weighted by molar-refractivity contribution is -0.839. The quantitative estimate of drug-likeness (QED) is 0.179. The molecule has 0 aliphatic heterocycles. The minimum Gasteiger partial charge on any atom is -0.480 e. The van der Waals surface area contributed by atoms with Gasteiger partial charge in [0.15, 0.2) is 0 Å². The smallest absolute Gasteiger partial charge is 0.357 e. The lowest BCUT2D eigenvalue weighted by Crippen LogP contribution is -2.43. The van der Waals surface area contributed by atoms with Crippen LogP contribution in [0.5, 0.6) is 0 Å². The predicted octanol–water partition coefficient (Wildman–Crippen LogP) is -2.49. The zero-order chi connectivity index (χ0) is 18.7. The molecule has 0 atom stereocenters. The largest absolute Gasteiger partial charge is 0.480 e. The number of hydrogen-bond acceptors (Lipinski definition) is 10. The van der Waals surface area contributed by atoms with E-state index < -0.39 is 55.1 Å². The van der Waals surface area contributed by atoms with Gasteiger partial charge in [0.2, 0.25) is 0 Å². The van der Waals surface area contributed by atoms with E-state index in [1.807, 2.05) is 0 Å². The fraction of sp³-hybridized carbons (Fsp3) is 0.600. The van der Waals surface area contributed by atoms with Crippen LogP contribution in [0.2, 0.25) is 0 Å². The van der Waals surface area contributed by atoms with Gasteiger partial charge in [0.25, 0.3) is 0 Å². The van der Waals surface area contributed by atoms with Gasteiger partial charge in [0.1, 0.15) is 6.54 Å². The average Bonchev–Trinajstić information content (AvgIpc) is 2.40. The Morgan fingerprint density at radius 3 is 1.54 bits per heavy atom. The van der Waals surface area contributed by atoms with Crippen molar-refractivity contribution in [3.05, 3.63) is 10.1 Å². The fourth-order valence-corrected chi connectivity index (χ4v) is 1.57. The third kappa shape index (κ3) is 11.6. The van der Waals surface area contributed by atoms with Gasteiger partial charge < -0.3 is 15.3 Å². The summed E-state index contributed by atoms with van der Waals surface area (Å²) in [5.41, 5.74) is 0. The van der Waals surface area contributed by atoms with Gasteiger partial charge in [-0.1, -0.05) is 4.99 Å². The molecule has 0 amide bonds. The molecular weight excluding hydrogens is 338 g/mol. The van der Waals surface area contributed by atoms with Gasteiger partial charge >= 0.3 is 29.0 Å². The number of carboxylic acid groups (broad SMARTS) is 3. The first kappa shape index (κ1) is 21.0. The topological polar surface area (TPSA) is 197 Å². The second-order valence-corrected chi connectivity index (χ2v) is 4.36. The van der Waals surface area contributed by atoms with Crippen LogP contribution in [0.1, 0.15) is 0 Å². The summed E-state index contributed by atoms with van der Waals surface area (Å²) in [4.78, 5) is 62.2. The summed E-state index contributed by atoms with van der Waals surface area (Å²) < 4.78 is 0. The SMILES string of the molecule is O=C(O)CN(CCN(CC(=O)O)CC(=O)OO[N+](=O)[O-])CC(=O)O. The number of aliphatic carboxylic acids is 3. The second kappa shape index (κ2) is 10.7. The van der Waals surface area contributed by atoms with Crippen LogP contribution in [0.25, 0.3) is 0 Å². The Bertz CT molecular complexity index is 478. The highest BCUT2D eigenvalue weighted by atomic mass is 17.3. The van der Waals surface area contributed by atoms with Gasteiger partial charge in [-0.05, 0) is 0 Å². The molecule has 0 aromatic carbocycles. The maximum absolute atomic E-state index is 11.3. The van der Waals surface area contributed by atoms with E-state index in [4.69, 9.17) is 15.3 Å². The summed E-state index contributed by atoms with van der Waals surface area (Å²) in [5, 5.41) is 34.6. The van der Waals surface area contributed by atoms with Crippen molar-refractivity contribution in [2.75, 3.05) is 39.3 Å². The summed E-state index contributed by atoms with van der Waals surface area (Å²) in [6.45, 7) is -2.98. The summed E-state index contributed by atoms with van der Waals surface area (Å²) in [5.74, 6) is -5.17. The van der Waals surface area contributed by atoms with Crippen LogP contribution in [0.4, 0.5) is 0 Å². The summed E-state index contributed by atoms with van der Waals surface area (Å²) >= 11 is 0. The van der Waals surface area contributed by atoms with Crippen molar-refractivity contribution >= 4 is 23.9 Å². The summed E-state index contributed by atoms with van der Waals surface area (Å²) in [7, 11) is 0. The molecule has 24 heavy (non-hydrogen) atoms. The van der Waals surface area contributed by atoms with Gasteiger partial charge in [-0.25, -0.2) is 4.79 Å². The molecular formula is C10H15N3O11. The molecule has 3 N–H and O–H groups in total. The summed E-state index contributed by atoms with van der Waals surface area (Å²) in [6.07, 6.45) is 0. The van der Waals surface area contributed by atoms with E-state index in [-0.39, 0.29) is 13.1 Å². The lowest BCUT2D eigenvalue weighted by atomic mass is 10.4. The molecule has 0 aromatic heterocycles. The molecule has 0 heterocycles. The highest BCUT2D eigenvalue weighted by molar-refractivity contribution is 5.74. The number of rotatable bonds is 13. The lowest BCUT2D eigenvalue weighted by Gasteiger charge is -2.23. The maximum Gasteiger partial charge on any atom is 0.357 e. The van der Waals surface area contributed by atoms with Gasteiger partial charge in [-0.3, -0.25) is 29.1 Å². The first-order valence-corrected chi connectivity index (χ1v) is 6.22. The third-order valence-electron chi connectivity index (χ3n) is 2.35. The monoisotopic (exact) mass is 353 g/mol. The molecule has 0 radical (unpaired) electrons. The van der Waals surface area contributed by atoms with Crippen LogP contribution in [-0.2, 0) is 29.1 Å². The maximum atomic E-state index is 11.3. The Balaban J connectivity index is 4.64. The fourth-order valence-electron chi connectivity index (χ4n) is 1.57. The Labute approximate surface area is 133 Å². The first-order valence-electron chi connectivity index (χ1n) is 6.22. The van der Waals surface area contributed by atoms with Crippen LogP contribution in [0.3, 0.4) is 0 Å². The molecule has 0 unspecified atom stereocenters. The van der Waals surface area contributed by atoms with E-state index in [1.165, 1.54) is 0 Å². The van der Waals surface area contributed by atoms with Crippen molar-refractivity contribution in [3.63, 3.8) is 0 Å². The van der Waals surface area contributed by atoms with Gasteiger partial charge in [-0.2, -0.15) is 0 Å². The number of hydrogen-bond donors (Lipinski definition) is 3. The van der Waals surface area contributed by atoms with Gasteiger partial charge in [0, 0.05) is 13.1 Å². The molecule has 136 valence electrons. The van der Waals surface area contributed by atoms with Crippen LogP contribution < -0.4 is 0 Å². The van der Waals surface area contributed by atoms with Crippen molar-refractivity contribution in [2.45, 2.75) is 0 Å². The molecule has 0 aromatic rings. The van der Waals surface area contributed by atoms with E-state index in [1.54, 1.807) is 0 Å². The Morgan fingerprint density at radius 2 is 1.21 bits per heavy atom. The van der Waals surface area contributed by atoms with Crippen molar-refractivity contribution in [3.8, 4) is 0 Å². The van der Waals surface area contributed by atoms with E-state index in [0.29, 0.717) is 0 Å². The molecule has 14 heteroatoms. The molecule has 0 aliphatic rings. The van der Waals surface area contributed by atoms with Crippen molar-refractivity contribution < 1.29 is 49.5 Å². The second-order valence-electron chi connectivity index (χ2n) is 4.36. The number of carboxylic acids is 3. The number of carbonyl (C=O) groups excluding carboxylic acids is 1. The Hall–Kier alpha value is -3.00. The zero-order valence-corrected chi connectivity index (χ0v) is 12.2. The average molecular weight is 353 g/mol. The Morgan fingerprint density at radius 1 is 0.833 bits per heavy atom. The first-order chi connectivity index (χ1) is 11.1. The third-order valence-corrected chi connectivity index (χ3v) is 2.35. The highest BCUT2D eigenvalue weighted by Gasteiger charge is 2.19. The highest BCUT2D eigenvalue weighted by Crippen LogP contribution is 1.96. The molecule has 0 fully saturated rings. The van der Waals surface area contributed by atoms with E-state index in [9.17, 15) is 29.3 Å². The predicted molar refractivity (Wildman–Crippen MR) is 70.0 cm³/mol.